The molecular weight excluding hydrogens is 346 g/mol. The Kier molecular flexibility index (Phi) is 5.30. The molecule has 0 spiro atoms. The molecule has 1 aromatic carbocycles. The number of hydrogen-bond donors (Lipinski definition) is 1. The fraction of sp³-hybridized carbons (Fsp3) is 0.444. The highest BCUT2D eigenvalue weighted by atomic mass is 35.5. The molecule has 1 N–H and O–H groups in total. The van der Waals surface area contributed by atoms with E-state index >= 15 is 0 Å². The van der Waals surface area contributed by atoms with Crippen molar-refractivity contribution >= 4 is 28.5 Å². The van der Waals surface area contributed by atoms with Gasteiger partial charge >= 0.3 is 11.6 Å². The summed E-state index contributed by atoms with van der Waals surface area (Å²) in [5, 5.41) is 12.5. The van der Waals surface area contributed by atoms with Crippen molar-refractivity contribution in [3.05, 3.63) is 39.2 Å². The maximum atomic E-state index is 11.8. The summed E-state index contributed by atoms with van der Waals surface area (Å²) in [6.45, 7) is 4.46. The van der Waals surface area contributed by atoms with Crippen LogP contribution in [0.3, 0.4) is 0 Å². The average molecular weight is 366 g/mol. The van der Waals surface area contributed by atoms with Gasteiger partial charge in [0.15, 0.2) is 0 Å². The van der Waals surface area contributed by atoms with Crippen LogP contribution in [0.25, 0.3) is 11.0 Å². The number of piperidine rings is 1. The Hall–Kier alpha value is -2.05. The van der Waals surface area contributed by atoms with E-state index < -0.39 is 5.63 Å². The number of hydrogen-bond acceptors (Lipinski definition) is 5. The first-order valence-electron chi connectivity index (χ1n) is 8.41. The number of fused-ring (bicyclic) bond motifs is 1. The highest BCUT2D eigenvalue weighted by Crippen LogP contribution is 2.28. The predicted molar refractivity (Wildman–Crippen MR) is 90.7 cm³/mol. The third-order valence-corrected chi connectivity index (χ3v) is 4.93. The number of carbonyl (C=O) groups excluding carboxylic acids is 1. The van der Waals surface area contributed by atoms with Crippen molar-refractivity contribution in [2.45, 2.75) is 26.3 Å². The van der Waals surface area contributed by atoms with Crippen LogP contribution < -0.4 is 15.6 Å². The van der Waals surface area contributed by atoms with Crippen molar-refractivity contribution in [2.24, 2.45) is 5.92 Å². The smallest absolute Gasteiger partial charge is 0.336 e. The number of nitrogens with one attached hydrogen (secondary N) is 1. The molecule has 0 saturated carbocycles. The van der Waals surface area contributed by atoms with Crippen LogP contribution in [-0.4, -0.2) is 25.7 Å². The normalized spacial score (nSPS) is 20.6. The highest BCUT2D eigenvalue weighted by Gasteiger charge is 2.28. The molecule has 7 heteroatoms. The van der Waals surface area contributed by atoms with Gasteiger partial charge in [-0.05, 0) is 19.1 Å². The van der Waals surface area contributed by atoms with E-state index in [4.69, 9.17) is 20.8 Å². The molecule has 25 heavy (non-hydrogen) atoms. The lowest BCUT2D eigenvalue weighted by molar-refractivity contribution is -0.919. The summed E-state index contributed by atoms with van der Waals surface area (Å²) in [4.78, 5) is 24.9. The van der Waals surface area contributed by atoms with Gasteiger partial charge in [-0.25, -0.2) is 4.79 Å². The Bertz CT molecular complexity index is 839. The van der Waals surface area contributed by atoms with Crippen LogP contribution >= 0.6 is 11.6 Å². The molecule has 1 saturated heterocycles. The molecule has 1 aromatic heterocycles. The van der Waals surface area contributed by atoms with Gasteiger partial charge in [-0.1, -0.05) is 17.4 Å². The summed E-state index contributed by atoms with van der Waals surface area (Å²) in [6.07, 6.45) is 1.53. The summed E-state index contributed by atoms with van der Waals surface area (Å²) in [5.74, 6) is -0.530. The second-order valence-electron chi connectivity index (χ2n) is 6.32. The van der Waals surface area contributed by atoms with Crippen LogP contribution in [0.1, 0.15) is 25.3 Å². The minimum atomic E-state index is -0.481. The minimum Gasteiger partial charge on any atom is -0.871 e. The molecule has 1 aliphatic heterocycles. The molecule has 6 nitrogen and oxygen atoms in total. The molecule has 2 aromatic rings. The second-order valence-corrected chi connectivity index (χ2v) is 6.73. The maximum Gasteiger partial charge on any atom is 0.336 e. The summed E-state index contributed by atoms with van der Waals surface area (Å²) in [6, 6.07) is 4.26. The van der Waals surface area contributed by atoms with E-state index in [1.54, 1.807) is 6.07 Å². The third-order valence-electron chi connectivity index (χ3n) is 4.64. The Morgan fingerprint density at radius 3 is 2.76 bits per heavy atom. The number of likely N-dealkylation sites (tertiary alicyclic amines) is 1. The Morgan fingerprint density at radius 2 is 2.08 bits per heavy atom. The topological polar surface area (TPSA) is 84.0 Å². The molecule has 1 fully saturated rings. The summed E-state index contributed by atoms with van der Waals surface area (Å²) < 4.78 is 10.2. The van der Waals surface area contributed by atoms with Crippen LogP contribution in [-0.2, 0) is 16.1 Å². The molecule has 0 radical (unpaired) electrons. The van der Waals surface area contributed by atoms with E-state index in [0.717, 1.165) is 31.5 Å². The van der Waals surface area contributed by atoms with Crippen molar-refractivity contribution in [1.82, 2.24) is 0 Å². The zero-order valence-electron chi connectivity index (χ0n) is 14.0. The number of benzene rings is 1. The zero-order valence-corrected chi connectivity index (χ0v) is 14.7. The lowest BCUT2D eigenvalue weighted by Crippen LogP contribution is -3.11. The van der Waals surface area contributed by atoms with Crippen LogP contribution in [0.15, 0.2) is 27.4 Å². The molecule has 1 aliphatic rings. The van der Waals surface area contributed by atoms with Crippen LogP contribution in [0.2, 0.25) is 5.02 Å². The average Bonchev–Trinajstić information content (AvgIpc) is 2.57. The minimum absolute atomic E-state index is 0.0428. The van der Waals surface area contributed by atoms with Gasteiger partial charge < -0.3 is 19.2 Å². The van der Waals surface area contributed by atoms with E-state index in [1.165, 1.54) is 17.0 Å². The van der Waals surface area contributed by atoms with Gasteiger partial charge in [-0.2, -0.15) is 0 Å². The summed E-state index contributed by atoms with van der Waals surface area (Å²) in [5.41, 5.74) is 0.584. The van der Waals surface area contributed by atoms with Gasteiger partial charge in [0.2, 0.25) is 0 Å². The maximum absolute atomic E-state index is 11.8. The molecular formula is C18H20ClNO5. The lowest BCUT2D eigenvalue weighted by Gasteiger charge is -2.28. The predicted octanol–water partition coefficient (Wildman–Crippen LogP) is 0.878. The van der Waals surface area contributed by atoms with Crippen molar-refractivity contribution in [2.75, 3.05) is 19.7 Å². The number of carbonyl (C=O) groups is 1. The fourth-order valence-corrected chi connectivity index (χ4v) is 3.51. The van der Waals surface area contributed by atoms with Crippen molar-refractivity contribution < 1.29 is 24.0 Å². The third kappa shape index (κ3) is 3.96. The van der Waals surface area contributed by atoms with Gasteiger partial charge in [0.25, 0.3) is 0 Å². The van der Waals surface area contributed by atoms with E-state index in [0.29, 0.717) is 18.5 Å². The summed E-state index contributed by atoms with van der Waals surface area (Å²) >= 11 is 5.94. The quantitative estimate of drug-likeness (QED) is 0.642. The molecule has 0 bridgehead atoms. The first-order chi connectivity index (χ1) is 12.0. The molecule has 0 atom stereocenters. The second kappa shape index (κ2) is 7.45. The molecule has 0 amide bonds. The van der Waals surface area contributed by atoms with Crippen LogP contribution in [0.4, 0.5) is 0 Å². The standard InChI is InChI=1S/C18H20ClNO5/c1-2-24-18(23)11-3-5-20(6-4-11)10-12-7-17(22)25-16-9-15(21)14(19)8-13(12)16/h7-9,11,21H,2-6,10H2,1H3. The van der Waals surface area contributed by atoms with Crippen LogP contribution in [0, 0.1) is 5.92 Å². The van der Waals surface area contributed by atoms with Crippen molar-refractivity contribution in [3.8, 4) is 5.75 Å². The number of esters is 1. The number of halogens is 1. The first-order valence-corrected chi connectivity index (χ1v) is 8.79. The molecule has 0 unspecified atom stereocenters. The largest absolute Gasteiger partial charge is 0.871 e. The fourth-order valence-electron chi connectivity index (χ4n) is 3.34. The van der Waals surface area contributed by atoms with Gasteiger partial charge in [-0.15, -0.1) is 0 Å². The lowest BCUT2D eigenvalue weighted by atomic mass is 9.96. The molecule has 0 aliphatic carbocycles. The molecule has 134 valence electrons. The van der Waals surface area contributed by atoms with Crippen molar-refractivity contribution in [1.29, 1.82) is 0 Å². The number of quaternary nitrogens is 1. The first kappa shape index (κ1) is 17.8. The van der Waals surface area contributed by atoms with Crippen molar-refractivity contribution in [3.63, 3.8) is 0 Å². The Labute approximate surface area is 149 Å². The Balaban J connectivity index is 1.77. The van der Waals surface area contributed by atoms with Gasteiger partial charge in [0.1, 0.15) is 12.1 Å². The highest BCUT2D eigenvalue weighted by molar-refractivity contribution is 6.32. The van der Waals surface area contributed by atoms with E-state index in [1.807, 2.05) is 6.92 Å². The zero-order chi connectivity index (χ0) is 18.0. The van der Waals surface area contributed by atoms with Gasteiger partial charge in [0, 0.05) is 34.9 Å². The van der Waals surface area contributed by atoms with E-state index in [-0.39, 0.29) is 28.2 Å². The molecule has 2 heterocycles. The Morgan fingerprint density at radius 1 is 1.36 bits per heavy atom. The number of ether oxygens (including phenoxy) is 1. The summed E-state index contributed by atoms with van der Waals surface area (Å²) in [7, 11) is 0. The van der Waals surface area contributed by atoms with Gasteiger partial charge in [0.05, 0.1) is 25.6 Å². The van der Waals surface area contributed by atoms with Gasteiger partial charge in [-0.3, -0.25) is 4.79 Å². The number of rotatable bonds is 4. The van der Waals surface area contributed by atoms with Crippen LogP contribution in [0.5, 0.6) is 5.75 Å². The molecule has 3 rings (SSSR count). The van der Waals surface area contributed by atoms with E-state index in [2.05, 4.69) is 0 Å². The SMILES string of the molecule is CCOC(=O)C1CC[NH+](Cc2cc(=O)oc3cc([O-])c(Cl)cc23)CC1. The monoisotopic (exact) mass is 365 g/mol. The van der Waals surface area contributed by atoms with E-state index in [9.17, 15) is 14.7 Å².